The van der Waals surface area contributed by atoms with E-state index in [2.05, 4.69) is 10.6 Å². The van der Waals surface area contributed by atoms with Crippen molar-refractivity contribution in [2.45, 2.75) is 77.0 Å². The van der Waals surface area contributed by atoms with Gasteiger partial charge in [-0.25, -0.2) is 0 Å². The first-order valence-corrected chi connectivity index (χ1v) is 12.0. The van der Waals surface area contributed by atoms with E-state index in [4.69, 9.17) is 4.74 Å². The third-order valence-corrected chi connectivity index (χ3v) is 9.86. The standard InChI is InChI=1S/C24H32N2O3/c27-21(23-7-13-1-14(8-23)3-15(2-13)9-23)25-19-20(29-19)26-22(28)24-10-16-4-17(11-24)6-18(5-16)12-24/h13-18H,1-12H2,(H,25,27)(H,26,28). The fraction of sp³-hybridized carbons (Fsp3) is 0.833. The Morgan fingerprint density at radius 1 is 0.586 bits per heavy atom. The molecule has 2 amide bonds. The molecule has 8 saturated carbocycles. The maximum atomic E-state index is 13.2. The molecule has 0 radical (unpaired) electrons. The van der Waals surface area contributed by atoms with Crippen LogP contribution in [-0.4, -0.2) is 11.8 Å². The maximum Gasteiger partial charge on any atom is 0.263 e. The lowest BCUT2D eigenvalue weighted by Gasteiger charge is -2.55. The normalized spacial score (nSPS) is 50.5. The monoisotopic (exact) mass is 396 g/mol. The van der Waals surface area contributed by atoms with Crippen molar-refractivity contribution >= 4 is 11.8 Å². The van der Waals surface area contributed by atoms with Crippen molar-refractivity contribution in [3.05, 3.63) is 11.8 Å². The highest BCUT2D eigenvalue weighted by Crippen LogP contribution is 2.61. The van der Waals surface area contributed by atoms with Crippen LogP contribution in [0.15, 0.2) is 11.8 Å². The summed E-state index contributed by atoms with van der Waals surface area (Å²) in [4.78, 5) is 26.3. The van der Waals surface area contributed by atoms with Gasteiger partial charge in [0.05, 0.1) is 10.8 Å². The highest BCUT2D eigenvalue weighted by Gasteiger charge is 2.57. The highest BCUT2D eigenvalue weighted by atomic mass is 16.6. The number of ether oxygens (including phenoxy) is 1. The van der Waals surface area contributed by atoms with E-state index in [0.29, 0.717) is 11.8 Å². The van der Waals surface area contributed by atoms with E-state index in [1.165, 1.54) is 38.5 Å². The summed E-state index contributed by atoms with van der Waals surface area (Å²) in [6.45, 7) is 0. The molecular weight excluding hydrogens is 364 g/mol. The van der Waals surface area contributed by atoms with Gasteiger partial charge in [0.1, 0.15) is 0 Å². The van der Waals surface area contributed by atoms with Crippen molar-refractivity contribution in [2.24, 2.45) is 46.3 Å². The minimum absolute atomic E-state index is 0.144. The van der Waals surface area contributed by atoms with E-state index in [1.807, 2.05) is 0 Å². The molecule has 0 aromatic heterocycles. The van der Waals surface area contributed by atoms with Crippen LogP contribution in [-0.2, 0) is 14.3 Å². The Kier molecular flexibility index (Phi) is 3.31. The van der Waals surface area contributed by atoms with Crippen molar-refractivity contribution in [2.75, 3.05) is 0 Å². The Balaban J connectivity index is 1.03. The molecule has 0 atom stereocenters. The van der Waals surface area contributed by atoms with Gasteiger partial charge in [-0.2, -0.15) is 0 Å². The van der Waals surface area contributed by atoms with E-state index >= 15 is 0 Å². The largest absolute Gasteiger partial charge is 0.413 e. The van der Waals surface area contributed by atoms with E-state index < -0.39 is 0 Å². The average molecular weight is 397 g/mol. The lowest BCUT2D eigenvalue weighted by molar-refractivity contribution is -0.146. The van der Waals surface area contributed by atoms with E-state index in [1.54, 1.807) is 0 Å². The summed E-state index contributed by atoms with van der Waals surface area (Å²) < 4.78 is 5.55. The number of carbonyl (C=O) groups excluding carboxylic acids is 2. The zero-order valence-corrected chi connectivity index (χ0v) is 17.2. The van der Waals surface area contributed by atoms with Crippen LogP contribution in [0, 0.1) is 46.3 Å². The van der Waals surface area contributed by atoms with Crippen molar-refractivity contribution in [1.82, 2.24) is 10.6 Å². The van der Waals surface area contributed by atoms with Crippen LogP contribution in [0.25, 0.3) is 0 Å². The summed E-state index contributed by atoms with van der Waals surface area (Å²) in [7, 11) is 0. The molecule has 29 heavy (non-hydrogen) atoms. The summed E-state index contributed by atoms with van der Waals surface area (Å²) in [5.74, 6) is 5.78. The van der Waals surface area contributed by atoms with Gasteiger partial charge < -0.3 is 4.74 Å². The minimum Gasteiger partial charge on any atom is -0.413 e. The molecule has 0 spiro atoms. The van der Waals surface area contributed by atoms with Gasteiger partial charge in [0, 0.05) is 0 Å². The number of nitrogens with one attached hydrogen (secondary N) is 2. The molecule has 8 fully saturated rings. The van der Waals surface area contributed by atoms with Gasteiger partial charge in [-0.05, 0) is 113 Å². The predicted octanol–water partition coefficient (Wildman–Crippen LogP) is 3.81. The van der Waals surface area contributed by atoms with Crippen molar-refractivity contribution < 1.29 is 14.3 Å². The van der Waals surface area contributed by atoms with Crippen molar-refractivity contribution in [1.29, 1.82) is 0 Å². The van der Waals surface area contributed by atoms with Gasteiger partial charge in [0.25, 0.3) is 11.8 Å². The molecule has 9 aliphatic rings. The lowest BCUT2D eigenvalue weighted by Crippen LogP contribution is -2.53. The third-order valence-electron chi connectivity index (χ3n) is 9.86. The first-order valence-electron chi connectivity index (χ1n) is 12.0. The lowest BCUT2D eigenvalue weighted by atomic mass is 9.49. The van der Waals surface area contributed by atoms with Gasteiger partial charge >= 0.3 is 0 Å². The third kappa shape index (κ3) is 2.58. The van der Waals surface area contributed by atoms with Gasteiger partial charge in [0.2, 0.25) is 11.8 Å². The molecule has 2 N–H and O–H groups in total. The summed E-state index contributed by atoms with van der Waals surface area (Å²) in [6, 6.07) is 0. The van der Waals surface area contributed by atoms with Gasteiger partial charge in [-0.1, -0.05) is 0 Å². The van der Waals surface area contributed by atoms with Gasteiger partial charge in [-0.3, -0.25) is 20.2 Å². The van der Waals surface area contributed by atoms with E-state index in [0.717, 1.165) is 74.0 Å². The summed E-state index contributed by atoms with van der Waals surface area (Å²) in [5, 5.41) is 6.09. The van der Waals surface area contributed by atoms with Crippen molar-refractivity contribution in [3.8, 4) is 0 Å². The zero-order chi connectivity index (χ0) is 19.4. The number of carbonyl (C=O) groups is 2. The molecule has 0 aromatic carbocycles. The Morgan fingerprint density at radius 3 is 1.14 bits per heavy atom. The Hall–Kier alpha value is -1.52. The van der Waals surface area contributed by atoms with Crippen LogP contribution < -0.4 is 10.6 Å². The van der Waals surface area contributed by atoms with Crippen LogP contribution in [0.4, 0.5) is 0 Å². The average Bonchev–Trinajstić information content (AvgIpc) is 3.36. The fourth-order valence-electron chi connectivity index (χ4n) is 9.49. The zero-order valence-electron chi connectivity index (χ0n) is 17.2. The smallest absolute Gasteiger partial charge is 0.263 e. The quantitative estimate of drug-likeness (QED) is 0.759. The topological polar surface area (TPSA) is 70.7 Å². The molecule has 0 unspecified atom stereocenters. The molecule has 1 aliphatic heterocycles. The molecule has 156 valence electrons. The second kappa shape index (κ2) is 5.59. The summed E-state index contributed by atoms with van der Waals surface area (Å²) >= 11 is 0. The predicted molar refractivity (Wildman–Crippen MR) is 106 cm³/mol. The summed E-state index contributed by atoms with van der Waals surface area (Å²) in [6.07, 6.45) is 14.3. The Morgan fingerprint density at radius 2 is 0.862 bits per heavy atom. The molecule has 9 rings (SSSR count). The molecule has 8 aliphatic carbocycles. The summed E-state index contributed by atoms with van der Waals surface area (Å²) in [5.41, 5.74) is -0.356. The molecule has 5 nitrogen and oxygen atoms in total. The Labute approximate surface area is 172 Å². The number of hydrogen-bond acceptors (Lipinski definition) is 3. The molecular formula is C24H32N2O3. The molecule has 8 bridgehead atoms. The second-order valence-electron chi connectivity index (χ2n) is 12.1. The molecule has 1 heterocycles. The first-order chi connectivity index (χ1) is 14.0. The van der Waals surface area contributed by atoms with Crippen LogP contribution in [0.1, 0.15) is 77.0 Å². The Bertz CT molecular complexity index is 691. The maximum absolute atomic E-state index is 13.2. The molecule has 5 heteroatoms. The van der Waals surface area contributed by atoms with Crippen LogP contribution >= 0.6 is 0 Å². The first kappa shape index (κ1) is 17.2. The second-order valence-corrected chi connectivity index (χ2v) is 12.1. The SMILES string of the molecule is O=C(NC1=C(NC(=O)C23CC4CC(CC(C4)C2)C3)O1)C12CC3CC(CC(C3)C1)C2. The van der Waals surface area contributed by atoms with Crippen LogP contribution in [0.2, 0.25) is 0 Å². The molecule has 0 aromatic rings. The molecule has 0 saturated heterocycles. The van der Waals surface area contributed by atoms with Gasteiger partial charge in [0.15, 0.2) is 0 Å². The fourth-order valence-corrected chi connectivity index (χ4v) is 9.49. The number of rotatable bonds is 4. The van der Waals surface area contributed by atoms with Crippen molar-refractivity contribution in [3.63, 3.8) is 0 Å². The van der Waals surface area contributed by atoms with E-state index in [9.17, 15) is 9.59 Å². The van der Waals surface area contributed by atoms with Gasteiger partial charge in [-0.15, -0.1) is 0 Å². The number of hydrogen-bond donors (Lipinski definition) is 2. The van der Waals surface area contributed by atoms with E-state index in [-0.39, 0.29) is 22.6 Å². The number of amides is 2. The highest BCUT2D eigenvalue weighted by molar-refractivity contribution is 5.87. The van der Waals surface area contributed by atoms with Crippen LogP contribution in [0.5, 0.6) is 0 Å². The van der Waals surface area contributed by atoms with Crippen LogP contribution in [0.3, 0.4) is 0 Å². The minimum atomic E-state index is -0.178.